The second kappa shape index (κ2) is 9.33. The van der Waals surface area contributed by atoms with Crippen LogP contribution >= 0.6 is 0 Å². The molecule has 3 amide bonds. The molecule has 1 fully saturated rings. The highest BCUT2D eigenvalue weighted by Crippen LogP contribution is 2.33. The molecule has 1 N–H and O–H groups in total. The highest BCUT2D eigenvalue weighted by molar-refractivity contribution is 6.11. The Morgan fingerprint density at radius 3 is 2.63 bits per heavy atom. The third kappa shape index (κ3) is 4.41. The smallest absolute Gasteiger partial charge is 0.256 e. The lowest BCUT2D eigenvalue weighted by atomic mass is 10.1. The van der Waals surface area contributed by atoms with Gasteiger partial charge in [-0.05, 0) is 67.3 Å². The molecule has 5 rings (SSSR count). The van der Waals surface area contributed by atoms with Gasteiger partial charge in [0, 0.05) is 12.1 Å². The van der Waals surface area contributed by atoms with E-state index in [9.17, 15) is 18.8 Å². The molecule has 1 saturated heterocycles. The van der Waals surface area contributed by atoms with E-state index >= 15 is 0 Å². The first kappa shape index (κ1) is 22.8. The van der Waals surface area contributed by atoms with Gasteiger partial charge in [-0.15, -0.1) is 0 Å². The molecular weight excluding hydrogens is 445 g/mol. The normalized spacial score (nSPS) is 18.1. The van der Waals surface area contributed by atoms with E-state index in [4.69, 9.17) is 0 Å². The van der Waals surface area contributed by atoms with Crippen LogP contribution in [-0.2, 0) is 11.3 Å². The van der Waals surface area contributed by atoms with Crippen LogP contribution in [0.3, 0.4) is 0 Å². The Morgan fingerprint density at radius 1 is 1.06 bits per heavy atom. The number of para-hydroxylation sites is 1. The van der Waals surface area contributed by atoms with Gasteiger partial charge >= 0.3 is 0 Å². The molecule has 6 nitrogen and oxygen atoms in total. The van der Waals surface area contributed by atoms with Gasteiger partial charge in [0.25, 0.3) is 11.8 Å². The molecule has 0 unspecified atom stereocenters. The second-order valence-corrected chi connectivity index (χ2v) is 9.05. The molecule has 0 saturated carbocycles. The number of anilines is 1. The summed E-state index contributed by atoms with van der Waals surface area (Å²) in [7, 11) is 0. The molecule has 178 valence electrons. The van der Waals surface area contributed by atoms with E-state index in [-0.39, 0.29) is 36.1 Å². The first-order chi connectivity index (χ1) is 16.9. The van der Waals surface area contributed by atoms with Crippen LogP contribution in [0.4, 0.5) is 10.1 Å². The molecule has 0 bridgehead atoms. The zero-order chi connectivity index (χ0) is 24.5. The van der Waals surface area contributed by atoms with E-state index in [1.807, 2.05) is 25.1 Å². The van der Waals surface area contributed by atoms with Crippen molar-refractivity contribution in [3.8, 4) is 0 Å². The number of carbonyl (C=O) groups is 3. The van der Waals surface area contributed by atoms with Crippen molar-refractivity contribution < 1.29 is 18.8 Å². The van der Waals surface area contributed by atoms with Crippen LogP contribution in [0.1, 0.15) is 57.7 Å². The summed E-state index contributed by atoms with van der Waals surface area (Å²) in [6, 6.07) is 19.6. The van der Waals surface area contributed by atoms with Crippen molar-refractivity contribution in [3.05, 3.63) is 101 Å². The van der Waals surface area contributed by atoms with Gasteiger partial charge < -0.3 is 15.1 Å². The quantitative estimate of drug-likeness (QED) is 0.597. The minimum Gasteiger partial charge on any atom is -0.346 e. The summed E-state index contributed by atoms with van der Waals surface area (Å²) in [6.45, 7) is 2.67. The van der Waals surface area contributed by atoms with Crippen LogP contribution in [0.25, 0.3) is 0 Å². The maximum absolute atomic E-state index is 13.5. The van der Waals surface area contributed by atoms with Crippen LogP contribution in [0.5, 0.6) is 0 Å². The van der Waals surface area contributed by atoms with Crippen LogP contribution < -0.4 is 10.2 Å². The first-order valence-electron chi connectivity index (χ1n) is 11.8. The number of halogens is 1. The van der Waals surface area contributed by atoms with Crippen molar-refractivity contribution in [1.29, 1.82) is 0 Å². The van der Waals surface area contributed by atoms with E-state index in [0.29, 0.717) is 29.8 Å². The van der Waals surface area contributed by atoms with Gasteiger partial charge in [0.05, 0.1) is 23.8 Å². The summed E-state index contributed by atoms with van der Waals surface area (Å²) < 4.78 is 13.2. The van der Waals surface area contributed by atoms with Gasteiger partial charge in [-0.1, -0.05) is 36.4 Å². The van der Waals surface area contributed by atoms with E-state index in [1.54, 1.807) is 52.3 Å². The minimum atomic E-state index is -0.460. The molecule has 35 heavy (non-hydrogen) atoms. The van der Waals surface area contributed by atoms with Crippen molar-refractivity contribution in [2.45, 2.75) is 38.4 Å². The first-order valence-corrected chi connectivity index (χ1v) is 11.8. The summed E-state index contributed by atoms with van der Waals surface area (Å²) in [6.07, 6.45) is 1.46. The topological polar surface area (TPSA) is 69.7 Å². The Labute approximate surface area is 203 Å². The van der Waals surface area contributed by atoms with Crippen molar-refractivity contribution >= 4 is 23.4 Å². The number of nitrogens with one attached hydrogen (secondary N) is 1. The average Bonchev–Trinajstić information content (AvgIpc) is 3.34. The van der Waals surface area contributed by atoms with Gasteiger partial charge in [-0.25, -0.2) is 4.39 Å². The molecule has 3 aromatic rings. The largest absolute Gasteiger partial charge is 0.346 e. The maximum atomic E-state index is 13.5. The SMILES string of the molecule is C[C@@H](NC(=O)c1cccc(CN2C(=O)[C@@H]3CCCN3C(=O)c3ccccc32)c1)c1ccc(F)cc1. The van der Waals surface area contributed by atoms with Gasteiger partial charge in [0.2, 0.25) is 5.91 Å². The highest BCUT2D eigenvalue weighted by Gasteiger charge is 2.41. The molecule has 2 heterocycles. The number of amides is 3. The van der Waals surface area contributed by atoms with E-state index in [0.717, 1.165) is 17.5 Å². The highest BCUT2D eigenvalue weighted by atomic mass is 19.1. The summed E-state index contributed by atoms with van der Waals surface area (Å²) in [4.78, 5) is 42.9. The lowest BCUT2D eigenvalue weighted by molar-refractivity contribution is -0.122. The fourth-order valence-electron chi connectivity index (χ4n) is 4.88. The fourth-order valence-corrected chi connectivity index (χ4v) is 4.88. The maximum Gasteiger partial charge on any atom is 0.256 e. The summed E-state index contributed by atoms with van der Waals surface area (Å²) in [5.41, 5.74) is 3.16. The van der Waals surface area contributed by atoms with Crippen molar-refractivity contribution in [3.63, 3.8) is 0 Å². The average molecular weight is 472 g/mol. The van der Waals surface area contributed by atoms with Crippen molar-refractivity contribution in [1.82, 2.24) is 10.2 Å². The Bertz CT molecular complexity index is 1290. The lowest BCUT2D eigenvalue weighted by Gasteiger charge is -2.26. The Hall–Kier alpha value is -4.00. The predicted molar refractivity (Wildman–Crippen MR) is 130 cm³/mol. The molecule has 0 aromatic heterocycles. The number of rotatable bonds is 5. The molecule has 2 aliphatic rings. The van der Waals surface area contributed by atoms with Crippen LogP contribution in [0, 0.1) is 5.82 Å². The minimum absolute atomic E-state index is 0.0967. The molecule has 3 aromatic carbocycles. The molecule has 2 atom stereocenters. The van der Waals surface area contributed by atoms with Gasteiger partial charge in [0.15, 0.2) is 0 Å². The number of hydrogen-bond donors (Lipinski definition) is 1. The second-order valence-electron chi connectivity index (χ2n) is 9.05. The zero-order valence-electron chi connectivity index (χ0n) is 19.4. The monoisotopic (exact) mass is 471 g/mol. The summed E-state index contributed by atoms with van der Waals surface area (Å²) >= 11 is 0. The van der Waals surface area contributed by atoms with Crippen LogP contribution in [0.15, 0.2) is 72.8 Å². The van der Waals surface area contributed by atoms with E-state index in [2.05, 4.69) is 5.32 Å². The molecule has 0 aliphatic carbocycles. The Kier molecular flexibility index (Phi) is 6.07. The van der Waals surface area contributed by atoms with Crippen LogP contribution in [0.2, 0.25) is 0 Å². The molecule has 0 spiro atoms. The Balaban J connectivity index is 1.39. The summed E-state index contributed by atoms with van der Waals surface area (Å²) in [5.74, 6) is -0.794. The number of carbonyl (C=O) groups excluding carboxylic acids is 3. The van der Waals surface area contributed by atoms with E-state index < -0.39 is 6.04 Å². The van der Waals surface area contributed by atoms with Gasteiger partial charge in [0.1, 0.15) is 11.9 Å². The number of nitrogens with zero attached hydrogens (tertiary/aromatic N) is 2. The van der Waals surface area contributed by atoms with Crippen LogP contribution in [-0.4, -0.2) is 35.2 Å². The number of benzene rings is 3. The van der Waals surface area contributed by atoms with Gasteiger partial charge in [-0.2, -0.15) is 0 Å². The van der Waals surface area contributed by atoms with E-state index in [1.165, 1.54) is 12.1 Å². The number of fused-ring (bicyclic) bond motifs is 2. The third-order valence-electron chi connectivity index (χ3n) is 6.74. The van der Waals surface area contributed by atoms with Crippen molar-refractivity contribution in [2.75, 3.05) is 11.4 Å². The standard InChI is InChI=1S/C28H26FN3O3/c1-18(20-11-13-22(29)14-12-20)30-26(33)21-7-4-6-19(16-21)17-32-24-9-3-2-8-23(24)27(34)31-15-5-10-25(31)28(32)35/h2-4,6-9,11-14,16,18,25H,5,10,15,17H2,1H3,(H,30,33)/t18-,25+/m1/s1. The number of hydrogen-bond acceptors (Lipinski definition) is 3. The summed E-state index contributed by atoms with van der Waals surface area (Å²) in [5, 5.41) is 2.94. The Morgan fingerprint density at radius 2 is 1.83 bits per heavy atom. The molecule has 2 aliphatic heterocycles. The molecular formula is C28H26FN3O3. The van der Waals surface area contributed by atoms with Gasteiger partial charge in [-0.3, -0.25) is 14.4 Å². The predicted octanol–water partition coefficient (Wildman–Crippen LogP) is 4.47. The van der Waals surface area contributed by atoms with Crippen molar-refractivity contribution in [2.24, 2.45) is 0 Å². The third-order valence-corrected chi connectivity index (χ3v) is 6.74. The lowest BCUT2D eigenvalue weighted by Crippen LogP contribution is -2.44. The fraction of sp³-hybridized carbons (Fsp3) is 0.250. The molecule has 7 heteroatoms. The molecule has 0 radical (unpaired) electrons. The zero-order valence-corrected chi connectivity index (χ0v) is 19.4.